The van der Waals surface area contributed by atoms with Gasteiger partial charge in [-0.05, 0) is 48.4 Å². The number of fused-ring (bicyclic) bond motifs is 1. The lowest BCUT2D eigenvalue weighted by Gasteiger charge is -2.25. The maximum Gasteiger partial charge on any atom is 0.258 e. The van der Waals surface area contributed by atoms with Crippen LogP contribution in [-0.2, 0) is 14.3 Å². The van der Waals surface area contributed by atoms with E-state index in [1.165, 1.54) is 0 Å². The Morgan fingerprint density at radius 1 is 1.03 bits per heavy atom. The van der Waals surface area contributed by atoms with Gasteiger partial charge in [0.25, 0.3) is 5.91 Å². The first kappa shape index (κ1) is 22.6. The topological polar surface area (TPSA) is 75.1 Å². The van der Waals surface area contributed by atoms with Crippen molar-refractivity contribution in [3.05, 3.63) is 66.4 Å². The maximum absolute atomic E-state index is 13.7. The Morgan fingerprint density at radius 3 is 2.62 bits per heavy atom. The lowest BCUT2D eigenvalue weighted by molar-refractivity contribution is -0.131. The Hall–Kier alpha value is -3.58. The van der Waals surface area contributed by atoms with Crippen molar-refractivity contribution < 1.29 is 14.3 Å². The fourth-order valence-corrected chi connectivity index (χ4v) is 5.95. The van der Waals surface area contributed by atoms with Gasteiger partial charge in [-0.25, -0.2) is 4.99 Å². The van der Waals surface area contributed by atoms with Gasteiger partial charge in [0.2, 0.25) is 5.91 Å². The molecule has 3 aliphatic heterocycles. The highest BCUT2D eigenvalue weighted by molar-refractivity contribution is 6.15. The molecule has 4 aliphatic rings. The molecule has 2 amide bonds. The fourth-order valence-electron chi connectivity index (χ4n) is 5.95. The molecular weight excluding hydrogens is 464 g/mol. The molecule has 4 heterocycles. The number of hydrogen-bond acceptors (Lipinski definition) is 5. The Morgan fingerprint density at radius 2 is 1.84 bits per heavy atom. The molecule has 1 unspecified atom stereocenters. The third-order valence-corrected chi connectivity index (χ3v) is 8.27. The summed E-state index contributed by atoms with van der Waals surface area (Å²) in [6.45, 7) is 3.00. The number of benzene rings is 2. The number of ether oxygens (including phenoxy) is 1. The van der Waals surface area contributed by atoms with Gasteiger partial charge in [0.05, 0.1) is 12.1 Å². The Kier molecular flexibility index (Phi) is 5.36. The monoisotopic (exact) mass is 494 g/mol. The molecule has 3 fully saturated rings. The normalized spacial score (nSPS) is 25.5. The van der Waals surface area contributed by atoms with Crippen LogP contribution in [0.25, 0.3) is 22.0 Å². The molecular formula is C30H30N4O3. The minimum absolute atomic E-state index is 0.0386. The molecule has 2 saturated heterocycles. The molecule has 1 aromatic heterocycles. The number of carbonyl (C=O) groups is 2. The number of aromatic nitrogens is 1. The molecule has 1 spiro atoms. The van der Waals surface area contributed by atoms with Crippen LogP contribution < -0.4 is 0 Å². The van der Waals surface area contributed by atoms with Gasteiger partial charge >= 0.3 is 0 Å². The van der Waals surface area contributed by atoms with Crippen molar-refractivity contribution in [2.24, 2.45) is 16.8 Å². The van der Waals surface area contributed by atoms with Gasteiger partial charge in [0.1, 0.15) is 5.84 Å². The van der Waals surface area contributed by atoms with Crippen LogP contribution >= 0.6 is 0 Å². The van der Waals surface area contributed by atoms with Crippen molar-refractivity contribution in [2.75, 3.05) is 32.8 Å². The smallest absolute Gasteiger partial charge is 0.258 e. The first-order valence-electron chi connectivity index (χ1n) is 13.3. The number of likely N-dealkylation sites (tertiary alicyclic amines) is 1. The third-order valence-electron chi connectivity index (χ3n) is 8.27. The number of amides is 2. The van der Waals surface area contributed by atoms with E-state index in [1.54, 1.807) is 0 Å². The van der Waals surface area contributed by atoms with Gasteiger partial charge in [-0.2, -0.15) is 0 Å². The number of amidine groups is 1. The average molecular weight is 495 g/mol. The lowest BCUT2D eigenvalue weighted by atomic mass is 9.98. The number of aliphatic imine (C=N–C) groups is 1. The molecule has 0 radical (unpaired) electrons. The SMILES string of the molecule is O=C(C1CC1)N1CC[C@@H](CN2C(=O)C3(CCOC3)N=C2c2ccc(-c3ccc4cccnc4c3)cc2)C1. The summed E-state index contributed by atoms with van der Waals surface area (Å²) < 4.78 is 5.64. The van der Waals surface area contributed by atoms with Gasteiger partial charge in [0.15, 0.2) is 5.54 Å². The predicted octanol–water partition coefficient (Wildman–Crippen LogP) is 3.91. The van der Waals surface area contributed by atoms with Crippen molar-refractivity contribution in [1.29, 1.82) is 0 Å². The molecule has 7 nitrogen and oxygen atoms in total. The van der Waals surface area contributed by atoms with E-state index in [0.29, 0.717) is 32.1 Å². The Labute approximate surface area is 216 Å². The highest BCUT2D eigenvalue weighted by atomic mass is 16.5. The molecule has 1 aliphatic carbocycles. The van der Waals surface area contributed by atoms with Crippen molar-refractivity contribution in [2.45, 2.75) is 31.2 Å². The van der Waals surface area contributed by atoms with E-state index in [2.05, 4.69) is 53.5 Å². The second-order valence-electron chi connectivity index (χ2n) is 10.9. The van der Waals surface area contributed by atoms with Crippen LogP contribution in [-0.4, -0.2) is 70.8 Å². The van der Waals surface area contributed by atoms with Crippen molar-refractivity contribution >= 4 is 28.6 Å². The zero-order valence-electron chi connectivity index (χ0n) is 20.8. The van der Waals surface area contributed by atoms with Crippen molar-refractivity contribution in [1.82, 2.24) is 14.8 Å². The van der Waals surface area contributed by atoms with Crippen LogP contribution in [0.4, 0.5) is 0 Å². The minimum Gasteiger partial charge on any atom is -0.378 e. The number of pyridine rings is 1. The zero-order chi connectivity index (χ0) is 25.0. The van der Waals surface area contributed by atoms with E-state index in [-0.39, 0.29) is 17.7 Å². The van der Waals surface area contributed by atoms with E-state index < -0.39 is 5.54 Å². The predicted molar refractivity (Wildman–Crippen MR) is 141 cm³/mol. The second-order valence-corrected chi connectivity index (χ2v) is 10.9. The summed E-state index contributed by atoms with van der Waals surface area (Å²) in [6.07, 6.45) is 5.40. The highest BCUT2D eigenvalue weighted by Crippen LogP contribution is 2.36. The van der Waals surface area contributed by atoms with Gasteiger partial charge in [0, 0.05) is 55.7 Å². The molecule has 3 aromatic rings. The minimum atomic E-state index is -0.805. The summed E-state index contributed by atoms with van der Waals surface area (Å²) in [5, 5.41) is 1.12. The summed E-state index contributed by atoms with van der Waals surface area (Å²) >= 11 is 0. The molecule has 7 rings (SSSR count). The lowest BCUT2D eigenvalue weighted by Crippen LogP contribution is -2.45. The molecule has 2 aromatic carbocycles. The summed E-state index contributed by atoms with van der Waals surface area (Å²) in [5.41, 5.74) is 3.29. The first-order valence-corrected chi connectivity index (χ1v) is 13.3. The van der Waals surface area contributed by atoms with E-state index in [1.807, 2.05) is 22.1 Å². The van der Waals surface area contributed by atoms with Gasteiger partial charge < -0.3 is 9.64 Å². The molecule has 37 heavy (non-hydrogen) atoms. The van der Waals surface area contributed by atoms with Crippen LogP contribution in [0.15, 0.2) is 65.8 Å². The van der Waals surface area contributed by atoms with Gasteiger partial charge in [-0.1, -0.05) is 42.5 Å². The van der Waals surface area contributed by atoms with E-state index >= 15 is 0 Å². The largest absolute Gasteiger partial charge is 0.378 e. The summed E-state index contributed by atoms with van der Waals surface area (Å²) in [7, 11) is 0. The van der Waals surface area contributed by atoms with Crippen LogP contribution in [0.3, 0.4) is 0 Å². The highest BCUT2D eigenvalue weighted by Gasteiger charge is 2.51. The third kappa shape index (κ3) is 4.02. The molecule has 7 heteroatoms. The average Bonchev–Trinajstić information content (AvgIpc) is 3.39. The zero-order valence-corrected chi connectivity index (χ0v) is 20.8. The number of rotatable bonds is 5. The van der Waals surface area contributed by atoms with Gasteiger partial charge in [-0.3, -0.25) is 19.5 Å². The fraction of sp³-hybridized carbons (Fsp3) is 0.400. The van der Waals surface area contributed by atoms with Crippen LogP contribution in [0, 0.1) is 11.8 Å². The van der Waals surface area contributed by atoms with Gasteiger partial charge in [-0.15, -0.1) is 0 Å². The van der Waals surface area contributed by atoms with Crippen LogP contribution in [0.1, 0.15) is 31.2 Å². The quantitative estimate of drug-likeness (QED) is 0.539. The summed E-state index contributed by atoms with van der Waals surface area (Å²) in [4.78, 5) is 39.6. The summed E-state index contributed by atoms with van der Waals surface area (Å²) in [6, 6.07) is 18.6. The van der Waals surface area contributed by atoms with E-state index in [4.69, 9.17) is 9.73 Å². The number of carbonyl (C=O) groups excluding carboxylic acids is 2. The van der Waals surface area contributed by atoms with Crippen LogP contribution in [0.5, 0.6) is 0 Å². The van der Waals surface area contributed by atoms with Crippen LogP contribution in [0.2, 0.25) is 0 Å². The van der Waals surface area contributed by atoms with E-state index in [9.17, 15) is 9.59 Å². The second kappa shape index (κ2) is 8.77. The molecule has 0 N–H and O–H groups in total. The van der Waals surface area contributed by atoms with Crippen molar-refractivity contribution in [3.8, 4) is 11.1 Å². The molecule has 0 bridgehead atoms. The number of hydrogen-bond donors (Lipinski definition) is 0. The first-order chi connectivity index (χ1) is 18.1. The number of nitrogens with zero attached hydrogens (tertiary/aromatic N) is 4. The Bertz CT molecular complexity index is 1410. The molecule has 2 atom stereocenters. The molecule has 1 saturated carbocycles. The summed E-state index contributed by atoms with van der Waals surface area (Å²) in [5.74, 6) is 1.56. The standard InChI is InChI=1S/C30H30N4O3/c35-28(24-8-9-24)33-14-11-20(17-33)18-34-27(32-30(29(34)36)12-15-37-19-30)23-6-3-21(4-7-23)25-10-5-22-2-1-13-31-26(22)16-25/h1-7,10,13,16,20,24H,8-9,11-12,14-15,17-19H2/t20-,30?/m1/s1. The van der Waals surface area contributed by atoms with Crippen molar-refractivity contribution in [3.63, 3.8) is 0 Å². The molecule has 188 valence electrons. The Balaban J connectivity index is 1.15. The maximum atomic E-state index is 13.7. The van der Waals surface area contributed by atoms with E-state index in [0.717, 1.165) is 65.8 Å².